The molecule has 1 fully saturated rings. The Labute approximate surface area is 191 Å². The lowest BCUT2D eigenvalue weighted by atomic mass is 10.1. The molecule has 8 heteroatoms. The van der Waals surface area contributed by atoms with Crippen molar-refractivity contribution in [3.05, 3.63) is 57.9 Å². The Kier molecular flexibility index (Phi) is 6.81. The number of benzene rings is 2. The molecule has 1 saturated heterocycles. The molecule has 0 bridgehead atoms. The van der Waals surface area contributed by atoms with Gasteiger partial charge in [0.2, 0.25) is 0 Å². The van der Waals surface area contributed by atoms with Crippen molar-refractivity contribution in [2.45, 2.75) is 25.8 Å². The number of nitrogens with one attached hydrogen (secondary N) is 1. The van der Waals surface area contributed by atoms with Crippen molar-refractivity contribution in [2.75, 3.05) is 33.5 Å². The summed E-state index contributed by atoms with van der Waals surface area (Å²) in [5, 5.41) is 0. The van der Waals surface area contributed by atoms with Gasteiger partial charge in [-0.2, -0.15) is 0 Å². The van der Waals surface area contributed by atoms with Gasteiger partial charge in [-0.25, -0.2) is 4.98 Å². The summed E-state index contributed by atoms with van der Waals surface area (Å²) in [5.41, 5.74) is 3.41. The number of ether oxygens (including phenoxy) is 1. The monoisotopic (exact) mass is 452 g/mol. The molecule has 0 unspecified atom stereocenters. The average Bonchev–Trinajstić information content (AvgIpc) is 2.82. The zero-order chi connectivity index (χ0) is 22.7. The molecule has 0 aliphatic carbocycles. The molecule has 1 N–H and O–H groups in total. The minimum Gasteiger partial charge on any atom is -0.494 e. The molecule has 1 amide bonds. The van der Waals surface area contributed by atoms with Gasteiger partial charge in [0.1, 0.15) is 17.0 Å². The first kappa shape index (κ1) is 22.4. The SMILES string of the molecule is COc1cc(CN2CCCCC2)cc2[nH]c(=O)c(-c3cccc(C(=O)N(C)SC)c3)nc12. The Balaban J connectivity index is 1.73. The molecule has 0 saturated carbocycles. The number of likely N-dealkylation sites (tertiary alicyclic amines) is 1. The van der Waals surface area contributed by atoms with E-state index in [0.717, 1.165) is 25.2 Å². The summed E-state index contributed by atoms with van der Waals surface area (Å²) >= 11 is 1.33. The van der Waals surface area contributed by atoms with Crippen molar-refractivity contribution in [3.63, 3.8) is 0 Å². The molecule has 7 nitrogen and oxygen atoms in total. The molecule has 0 radical (unpaired) electrons. The minimum atomic E-state index is -0.294. The molecule has 3 aromatic rings. The van der Waals surface area contributed by atoms with Crippen LogP contribution in [-0.2, 0) is 6.54 Å². The Morgan fingerprint density at radius 2 is 2.00 bits per heavy atom. The summed E-state index contributed by atoms with van der Waals surface area (Å²) in [6, 6.07) is 11.0. The average molecular weight is 453 g/mol. The number of nitrogens with zero attached hydrogens (tertiary/aromatic N) is 3. The molecule has 1 aliphatic heterocycles. The number of hydrogen-bond donors (Lipinski definition) is 1. The lowest BCUT2D eigenvalue weighted by Crippen LogP contribution is -2.29. The molecule has 0 atom stereocenters. The van der Waals surface area contributed by atoms with E-state index in [1.807, 2.05) is 18.4 Å². The normalized spacial score (nSPS) is 14.5. The van der Waals surface area contributed by atoms with Gasteiger partial charge in [-0.15, -0.1) is 0 Å². The molecule has 1 aliphatic rings. The summed E-state index contributed by atoms with van der Waals surface area (Å²) in [7, 11) is 3.33. The van der Waals surface area contributed by atoms with E-state index < -0.39 is 0 Å². The number of methoxy groups -OCH3 is 1. The largest absolute Gasteiger partial charge is 0.494 e. The second-order valence-electron chi connectivity index (χ2n) is 8.01. The first-order valence-corrected chi connectivity index (χ1v) is 11.9. The van der Waals surface area contributed by atoms with Crippen molar-refractivity contribution in [1.29, 1.82) is 0 Å². The third-order valence-corrected chi connectivity index (χ3v) is 6.55. The fourth-order valence-corrected chi connectivity index (χ4v) is 4.37. The van der Waals surface area contributed by atoms with Crippen molar-refractivity contribution in [2.24, 2.45) is 0 Å². The standard InChI is InChI=1S/C24H28N4O3S/c1-27(32-3)24(30)18-9-7-8-17(14-18)21-23(29)25-19-12-16(13-20(31-2)22(19)26-21)15-28-10-5-4-6-11-28/h7-9,12-14H,4-6,10-11,15H2,1-3H3,(H,25,29). The minimum absolute atomic E-state index is 0.128. The van der Waals surface area contributed by atoms with E-state index in [0.29, 0.717) is 27.9 Å². The zero-order valence-corrected chi connectivity index (χ0v) is 19.5. The van der Waals surface area contributed by atoms with Crippen LogP contribution in [0.15, 0.2) is 41.2 Å². The van der Waals surface area contributed by atoms with Gasteiger partial charge in [0.25, 0.3) is 11.5 Å². The van der Waals surface area contributed by atoms with E-state index in [-0.39, 0.29) is 17.2 Å². The number of carbonyl (C=O) groups excluding carboxylic acids is 1. The van der Waals surface area contributed by atoms with Crippen molar-refractivity contribution in [3.8, 4) is 17.0 Å². The van der Waals surface area contributed by atoms with Crippen LogP contribution in [0.25, 0.3) is 22.3 Å². The van der Waals surface area contributed by atoms with Gasteiger partial charge in [-0.1, -0.05) is 30.5 Å². The fourth-order valence-electron chi connectivity index (χ4n) is 4.10. The summed E-state index contributed by atoms with van der Waals surface area (Å²) < 4.78 is 7.18. The predicted octanol–water partition coefficient (Wildman–Crippen LogP) is 3.93. The third kappa shape index (κ3) is 4.66. The van der Waals surface area contributed by atoms with Gasteiger partial charge in [-0.05, 0) is 55.8 Å². The molecule has 168 valence electrons. The van der Waals surface area contributed by atoms with Gasteiger partial charge in [-0.3, -0.25) is 18.8 Å². The van der Waals surface area contributed by atoms with Crippen LogP contribution in [0.4, 0.5) is 0 Å². The van der Waals surface area contributed by atoms with Gasteiger partial charge < -0.3 is 9.72 Å². The van der Waals surface area contributed by atoms with Crippen LogP contribution in [0.3, 0.4) is 0 Å². The Bertz CT molecular complexity index is 1190. The lowest BCUT2D eigenvalue weighted by Gasteiger charge is -2.26. The second-order valence-corrected chi connectivity index (χ2v) is 8.92. The Morgan fingerprint density at radius 1 is 1.22 bits per heavy atom. The van der Waals surface area contributed by atoms with Crippen LogP contribution >= 0.6 is 11.9 Å². The number of hydrogen-bond acceptors (Lipinski definition) is 6. The third-order valence-electron chi connectivity index (χ3n) is 5.84. The maximum absolute atomic E-state index is 12.9. The Hall–Kier alpha value is -2.84. The summed E-state index contributed by atoms with van der Waals surface area (Å²) in [6.07, 6.45) is 5.57. The van der Waals surface area contributed by atoms with E-state index in [4.69, 9.17) is 4.74 Å². The van der Waals surface area contributed by atoms with E-state index >= 15 is 0 Å². The number of piperidine rings is 1. The fraction of sp³-hybridized carbons (Fsp3) is 0.375. The molecule has 2 heterocycles. The molecule has 32 heavy (non-hydrogen) atoms. The summed E-state index contributed by atoms with van der Waals surface area (Å²) in [6.45, 7) is 3.01. The molecule has 2 aromatic carbocycles. The number of rotatable bonds is 6. The van der Waals surface area contributed by atoms with E-state index in [1.165, 1.54) is 31.2 Å². The molecular weight excluding hydrogens is 424 g/mol. The predicted molar refractivity (Wildman–Crippen MR) is 129 cm³/mol. The highest BCUT2D eigenvalue weighted by atomic mass is 32.2. The number of amides is 1. The highest BCUT2D eigenvalue weighted by Gasteiger charge is 2.17. The maximum Gasteiger partial charge on any atom is 0.274 e. The van der Waals surface area contributed by atoms with E-state index in [1.54, 1.807) is 42.7 Å². The van der Waals surface area contributed by atoms with Crippen LogP contribution in [-0.4, -0.2) is 58.6 Å². The van der Waals surface area contributed by atoms with Gasteiger partial charge in [0.15, 0.2) is 0 Å². The number of aromatic amines is 1. The van der Waals surface area contributed by atoms with Crippen LogP contribution < -0.4 is 10.3 Å². The summed E-state index contributed by atoms with van der Waals surface area (Å²) in [4.78, 5) is 35.5. The topological polar surface area (TPSA) is 78.5 Å². The highest BCUT2D eigenvalue weighted by Crippen LogP contribution is 2.27. The van der Waals surface area contributed by atoms with Gasteiger partial charge in [0.05, 0.1) is 12.6 Å². The number of H-pyrrole nitrogens is 1. The highest BCUT2D eigenvalue weighted by molar-refractivity contribution is 7.96. The molecule has 0 spiro atoms. The van der Waals surface area contributed by atoms with Crippen LogP contribution in [0.5, 0.6) is 5.75 Å². The lowest BCUT2D eigenvalue weighted by molar-refractivity contribution is 0.0892. The first-order chi connectivity index (χ1) is 15.5. The van der Waals surface area contributed by atoms with Crippen LogP contribution in [0.2, 0.25) is 0 Å². The van der Waals surface area contributed by atoms with Gasteiger partial charge >= 0.3 is 0 Å². The van der Waals surface area contributed by atoms with Crippen LogP contribution in [0.1, 0.15) is 35.2 Å². The maximum atomic E-state index is 12.9. The Morgan fingerprint density at radius 3 is 2.72 bits per heavy atom. The zero-order valence-electron chi connectivity index (χ0n) is 18.7. The van der Waals surface area contributed by atoms with Crippen LogP contribution in [0, 0.1) is 0 Å². The smallest absolute Gasteiger partial charge is 0.274 e. The second kappa shape index (κ2) is 9.75. The van der Waals surface area contributed by atoms with Crippen molar-refractivity contribution >= 4 is 28.9 Å². The van der Waals surface area contributed by atoms with Crippen molar-refractivity contribution in [1.82, 2.24) is 19.2 Å². The van der Waals surface area contributed by atoms with E-state index in [9.17, 15) is 9.59 Å². The molecular formula is C24H28N4O3S. The molecule has 4 rings (SSSR count). The quantitative estimate of drug-likeness (QED) is 0.571. The number of carbonyl (C=O) groups is 1. The number of aromatic nitrogens is 2. The summed E-state index contributed by atoms with van der Waals surface area (Å²) in [5.74, 6) is 0.498. The van der Waals surface area contributed by atoms with Crippen molar-refractivity contribution < 1.29 is 9.53 Å². The number of fused-ring (bicyclic) bond motifs is 1. The van der Waals surface area contributed by atoms with E-state index in [2.05, 4.69) is 14.9 Å². The first-order valence-electron chi connectivity index (χ1n) is 10.8. The van der Waals surface area contributed by atoms with Gasteiger partial charge in [0, 0.05) is 31.0 Å². The molecule has 1 aromatic heterocycles.